The summed E-state index contributed by atoms with van der Waals surface area (Å²) in [5.41, 5.74) is 0.834. The van der Waals surface area contributed by atoms with E-state index >= 15 is 0 Å². The van der Waals surface area contributed by atoms with Crippen LogP contribution in [0.4, 0.5) is 0 Å². The number of furan rings is 1. The molecule has 2 aromatic heterocycles. The highest BCUT2D eigenvalue weighted by Crippen LogP contribution is 2.34. The summed E-state index contributed by atoms with van der Waals surface area (Å²) in [6.07, 6.45) is 3.88. The third kappa shape index (κ3) is 2.10. The summed E-state index contributed by atoms with van der Waals surface area (Å²) < 4.78 is 10.3. The summed E-state index contributed by atoms with van der Waals surface area (Å²) in [7, 11) is 0. The Kier molecular flexibility index (Phi) is 2.48. The molecule has 1 unspecified atom stereocenters. The molecule has 1 saturated carbocycles. The second-order valence-electron chi connectivity index (χ2n) is 4.51. The molecule has 1 N–H and O–H groups in total. The lowest BCUT2D eigenvalue weighted by atomic mass is 10.1. The van der Waals surface area contributed by atoms with E-state index in [1.807, 2.05) is 6.92 Å². The molecule has 0 aromatic carbocycles. The molecule has 0 spiro atoms. The Bertz CT molecular complexity index is 513. The summed E-state index contributed by atoms with van der Waals surface area (Å²) in [6, 6.07) is 1.81. The maximum Gasteiger partial charge on any atom is 0.229 e. The van der Waals surface area contributed by atoms with Crippen LogP contribution in [0.15, 0.2) is 21.3 Å². The van der Waals surface area contributed by atoms with E-state index in [0.717, 1.165) is 24.2 Å². The van der Waals surface area contributed by atoms with Crippen LogP contribution in [-0.4, -0.2) is 21.4 Å². The van der Waals surface area contributed by atoms with E-state index in [0.29, 0.717) is 24.1 Å². The standard InChI is InChI=1S/C12H14N2O3/c1-7-9(4-5-16-7)12-13-11(17-14-12)6-10(15)8-2-3-8/h4-5,8,10,15H,2-3,6H2,1H3. The van der Waals surface area contributed by atoms with E-state index in [4.69, 9.17) is 8.94 Å². The van der Waals surface area contributed by atoms with Gasteiger partial charge in [0.15, 0.2) is 0 Å². The van der Waals surface area contributed by atoms with Crippen LogP contribution in [0.2, 0.25) is 0 Å². The molecule has 0 amide bonds. The molecular weight excluding hydrogens is 220 g/mol. The third-order valence-corrected chi connectivity index (χ3v) is 3.12. The van der Waals surface area contributed by atoms with Gasteiger partial charge in [0.25, 0.3) is 0 Å². The molecule has 2 aromatic rings. The first kappa shape index (κ1) is 10.5. The monoisotopic (exact) mass is 234 g/mol. The van der Waals surface area contributed by atoms with Crippen LogP contribution >= 0.6 is 0 Å². The minimum atomic E-state index is -0.353. The lowest BCUT2D eigenvalue weighted by Crippen LogP contribution is -2.12. The van der Waals surface area contributed by atoms with Gasteiger partial charge in [-0.05, 0) is 31.7 Å². The van der Waals surface area contributed by atoms with E-state index in [1.54, 1.807) is 12.3 Å². The zero-order chi connectivity index (χ0) is 11.8. The van der Waals surface area contributed by atoms with Gasteiger partial charge in [-0.3, -0.25) is 0 Å². The summed E-state index contributed by atoms with van der Waals surface area (Å²) in [4.78, 5) is 4.27. The van der Waals surface area contributed by atoms with Crippen LogP contribution in [0.1, 0.15) is 24.5 Å². The van der Waals surface area contributed by atoms with Crippen molar-refractivity contribution in [3.63, 3.8) is 0 Å². The number of aryl methyl sites for hydroxylation is 1. The molecule has 0 bridgehead atoms. The van der Waals surface area contributed by atoms with Crippen molar-refractivity contribution in [2.45, 2.75) is 32.3 Å². The van der Waals surface area contributed by atoms with Crippen molar-refractivity contribution in [3.05, 3.63) is 24.0 Å². The molecule has 2 heterocycles. The fourth-order valence-electron chi connectivity index (χ4n) is 1.89. The van der Waals surface area contributed by atoms with E-state index in [2.05, 4.69) is 10.1 Å². The van der Waals surface area contributed by atoms with Gasteiger partial charge in [0.1, 0.15) is 5.76 Å². The molecule has 3 rings (SSSR count). The minimum Gasteiger partial charge on any atom is -0.469 e. The highest BCUT2D eigenvalue weighted by Gasteiger charge is 2.31. The van der Waals surface area contributed by atoms with Crippen LogP contribution < -0.4 is 0 Å². The average Bonchev–Trinajstić information content (AvgIpc) is 2.93. The normalized spacial score (nSPS) is 17.3. The molecule has 1 atom stereocenters. The smallest absolute Gasteiger partial charge is 0.229 e. The summed E-state index contributed by atoms with van der Waals surface area (Å²) in [5.74, 6) is 2.19. The van der Waals surface area contributed by atoms with Crippen molar-refractivity contribution in [2.75, 3.05) is 0 Å². The first-order valence-electron chi connectivity index (χ1n) is 5.79. The number of hydrogen-bond acceptors (Lipinski definition) is 5. The molecule has 0 saturated heterocycles. The van der Waals surface area contributed by atoms with Gasteiger partial charge in [0.2, 0.25) is 11.7 Å². The predicted molar refractivity (Wildman–Crippen MR) is 59.2 cm³/mol. The number of rotatable bonds is 4. The molecular formula is C12H14N2O3. The molecule has 90 valence electrons. The van der Waals surface area contributed by atoms with Crippen molar-refractivity contribution in [3.8, 4) is 11.4 Å². The molecule has 17 heavy (non-hydrogen) atoms. The second kappa shape index (κ2) is 4.00. The fourth-order valence-corrected chi connectivity index (χ4v) is 1.89. The Hall–Kier alpha value is -1.62. The molecule has 1 aliphatic carbocycles. The lowest BCUT2D eigenvalue weighted by Gasteiger charge is -2.03. The third-order valence-electron chi connectivity index (χ3n) is 3.12. The number of aromatic nitrogens is 2. The van der Waals surface area contributed by atoms with Gasteiger partial charge in [-0.15, -0.1) is 0 Å². The minimum absolute atomic E-state index is 0.353. The highest BCUT2D eigenvalue weighted by molar-refractivity contribution is 5.56. The zero-order valence-corrected chi connectivity index (χ0v) is 9.59. The Morgan fingerprint density at radius 3 is 3.00 bits per heavy atom. The first-order valence-corrected chi connectivity index (χ1v) is 5.79. The predicted octanol–water partition coefficient (Wildman–Crippen LogP) is 1.95. The van der Waals surface area contributed by atoms with E-state index in [1.165, 1.54) is 0 Å². The fraction of sp³-hybridized carbons (Fsp3) is 0.500. The van der Waals surface area contributed by atoms with Crippen LogP contribution in [-0.2, 0) is 6.42 Å². The summed E-state index contributed by atoms with van der Waals surface area (Å²) in [5, 5.41) is 13.7. The zero-order valence-electron chi connectivity index (χ0n) is 9.59. The summed E-state index contributed by atoms with van der Waals surface area (Å²) in [6.45, 7) is 1.85. The molecule has 5 nitrogen and oxygen atoms in total. The van der Waals surface area contributed by atoms with Gasteiger partial charge in [0.05, 0.1) is 24.4 Å². The Labute approximate surface area is 98.4 Å². The highest BCUT2D eigenvalue weighted by atomic mass is 16.5. The van der Waals surface area contributed by atoms with Gasteiger partial charge in [0, 0.05) is 0 Å². The van der Waals surface area contributed by atoms with Crippen LogP contribution in [0.25, 0.3) is 11.4 Å². The largest absolute Gasteiger partial charge is 0.469 e. The van der Waals surface area contributed by atoms with Crippen molar-refractivity contribution in [1.29, 1.82) is 0 Å². The molecule has 0 radical (unpaired) electrons. The van der Waals surface area contributed by atoms with Gasteiger partial charge in [-0.1, -0.05) is 5.16 Å². The van der Waals surface area contributed by atoms with Crippen LogP contribution in [0, 0.1) is 12.8 Å². The maximum atomic E-state index is 9.79. The van der Waals surface area contributed by atoms with Crippen molar-refractivity contribution < 1.29 is 14.0 Å². The van der Waals surface area contributed by atoms with E-state index in [9.17, 15) is 5.11 Å². The van der Waals surface area contributed by atoms with Crippen molar-refractivity contribution in [2.24, 2.45) is 5.92 Å². The topological polar surface area (TPSA) is 72.3 Å². The van der Waals surface area contributed by atoms with Gasteiger partial charge >= 0.3 is 0 Å². The van der Waals surface area contributed by atoms with E-state index < -0.39 is 0 Å². The molecule has 5 heteroatoms. The maximum absolute atomic E-state index is 9.79. The van der Waals surface area contributed by atoms with E-state index in [-0.39, 0.29) is 6.10 Å². The van der Waals surface area contributed by atoms with Crippen LogP contribution in [0.5, 0.6) is 0 Å². The number of aliphatic hydroxyl groups is 1. The average molecular weight is 234 g/mol. The lowest BCUT2D eigenvalue weighted by molar-refractivity contribution is 0.140. The number of hydrogen-bond donors (Lipinski definition) is 1. The van der Waals surface area contributed by atoms with Gasteiger partial charge < -0.3 is 14.0 Å². The quantitative estimate of drug-likeness (QED) is 0.875. The molecule has 0 aliphatic heterocycles. The van der Waals surface area contributed by atoms with Crippen molar-refractivity contribution >= 4 is 0 Å². The number of nitrogens with zero attached hydrogens (tertiary/aromatic N) is 2. The Morgan fingerprint density at radius 2 is 2.35 bits per heavy atom. The number of aliphatic hydroxyl groups excluding tert-OH is 1. The SMILES string of the molecule is Cc1occc1-c1noc(CC(O)C2CC2)n1. The summed E-state index contributed by atoms with van der Waals surface area (Å²) >= 11 is 0. The van der Waals surface area contributed by atoms with Gasteiger partial charge in [-0.2, -0.15) is 4.98 Å². The Morgan fingerprint density at radius 1 is 1.53 bits per heavy atom. The Balaban J connectivity index is 1.76. The van der Waals surface area contributed by atoms with Gasteiger partial charge in [-0.25, -0.2) is 0 Å². The molecule has 1 fully saturated rings. The first-order chi connectivity index (χ1) is 8.24. The second-order valence-corrected chi connectivity index (χ2v) is 4.51. The molecule has 1 aliphatic rings. The van der Waals surface area contributed by atoms with Crippen molar-refractivity contribution in [1.82, 2.24) is 10.1 Å². The van der Waals surface area contributed by atoms with Crippen LogP contribution in [0.3, 0.4) is 0 Å².